The average Bonchev–Trinajstić information content (AvgIpc) is 2.79. The molecule has 1 atom stereocenters. The Morgan fingerprint density at radius 3 is 1.81 bits per heavy atom. The van der Waals surface area contributed by atoms with E-state index in [-0.39, 0.29) is 19.7 Å². The van der Waals surface area contributed by atoms with Gasteiger partial charge < -0.3 is 14.6 Å². The van der Waals surface area contributed by atoms with E-state index in [1.165, 1.54) is 4.31 Å². The lowest BCUT2D eigenvalue weighted by atomic mass is 10.1. The van der Waals surface area contributed by atoms with Gasteiger partial charge in [-0.25, -0.2) is 8.42 Å². The van der Waals surface area contributed by atoms with Crippen LogP contribution < -0.4 is 9.47 Å². The number of rotatable bonds is 14. The number of aliphatic hydroxyl groups is 1. The summed E-state index contributed by atoms with van der Waals surface area (Å²) < 4.78 is 39.3. The molecule has 0 aliphatic rings. The smallest absolute Gasteiger partial charge is 0.217 e. The van der Waals surface area contributed by atoms with Crippen LogP contribution in [0.15, 0.2) is 61.2 Å². The average molecular weight is 448 g/mol. The van der Waals surface area contributed by atoms with Gasteiger partial charge in [0.25, 0.3) is 0 Å². The second kappa shape index (κ2) is 12.5. The maximum atomic E-state index is 13.7. The third kappa shape index (κ3) is 7.38. The van der Waals surface area contributed by atoms with Gasteiger partial charge in [0.2, 0.25) is 10.0 Å². The Morgan fingerprint density at radius 1 is 0.935 bits per heavy atom. The first kappa shape index (κ1) is 24.9. The second-order valence-electron chi connectivity index (χ2n) is 7.36. The molecule has 0 aliphatic heterocycles. The van der Waals surface area contributed by atoms with Crippen molar-refractivity contribution in [1.29, 1.82) is 0 Å². The fourth-order valence-corrected chi connectivity index (χ4v) is 5.36. The van der Waals surface area contributed by atoms with E-state index in [0.29, 0.717) is 25.7 Å². The molecular weight excluding hydrogens is 414 g/mol. The predicted molar refractivity (Wildman–Crippen MR) is 124 cm³/mol. The van der Waals surface area contributed by atoms with Crippen LogP contribution in [-0.2, 0) is 23.1 Å². The van der Waals surface area contributed by atoms with Gasteiger partial charge in [0.05, 0.1) is 19.5 Å². The fourth-order valence-electron chi connectivity index (χ4n) is 3.38. The molecule has 0 bridgehead atoms. The summed E-state index contributed by atoms with van der Waals surface area (Å²) >= 11 is 0. The normalized spacial score (nSPS) is 12.5. The molecule has 2 aromatic carbocycles. The van der Waals surface area contributed by atoms with Crippen molar-refractivity contribution in [3.63, 3.8) is 0 Å². The molecule has 0 aliphatic carbocycles. The molecule has 0 amide bonds. The molecule has 0 spiro atoms. The number of nitrogens with zero attached hydrogens (tertiary/aromatic N) is 1. The highest BCUT2D eigenvalue weighted by Crippen LogP contribution is 2.25. The molecule has 170 valence electrons. The Hall–Kier alpha value is -2.35. The highest BCUT2D eigenvalue weighted by atomic mass is 32.2. The van der Waals surface area contributed by atoms with Crippen molar-refractivity contribution in [3.05, 3.63) is 72.3 Å². The summed E-state index contributed by atoms with van der Waals surface area (Å²) in [5.41, 5.74) is 1.75. The number of hydrogen-bond acceptors (Lipinski definition) is 5. The molecule has 2 rings (SSSR count). The van der Waals surface area contributed by atoms with Crippen LogP contribution in [0.2, 0.25) is 0 Å². The van der Waals surface area contributed by atoms with E-state index >= 15 is 0 Å². The summed E-state index contributed by atoms with van der Waals surface area (Å²) in [6.07, 6.45) is 3.68. The highest BCUT2D eigenvalue weighted by molar-refractivity contribution is 7.89. The van der Waals surface area contributed by atoms with Gasteiger partial charge in [-0.2, -0.15) is 4.31 Å². The Bertz CT molecular complexity index is 845. The Balaban J connectivity index is 2.34. The lowest BCUT2D eigenvalue weighted by Crippen LogP contribution is -2.38. The first-order chi connectivity index (χ1) is 14.9. The van der Waals surface area contributed by atoms with Crippen molar-refractivity contribution in [1.82, 2.24) is 4.31 Å². The molecule has 6 nitrogen and oxygen atoms in total. The maximum absolute atomic E-state index is 13.7. The summed E-state index contributed by atoms with van der Waals surface area (Å²) in [4.78, 5) is 0. The summed E-state index contributed by atoms with van der Waals surface area (Å²) in [5, 5.41) is 8.69. The van der Waals surface area contributed by atoms with Crippen LogP contribution in [0.5, 0.6) is 11.5 Å². The fraction of sp³-hybridized carbons (Fsp3) is 0.417. The van der Waals surface area contributed by atoms with Crippen molar-refractivity contribution in [2.45, 2.75) is 44.0 Å². The standard InChI is InChI=1S/C24H33NO5S/c1-4-5-7-24(8-6-17-26)31(27,28)25(18-20-9-13-22(29-2)14-10-20)19-21-11-15-23(30-3)16-12-21/h4,9-16,24,26H,1,5-8,17-19H2,2-3H3. The number of sulfonamides is 1. The molecular formula is C24H33NO5S. The minimum Gasteiger partial charge on any atom is -0.497 e. The minimum absolute atomic E-state index is 0.0307. The third-order valence-electron chi connectivity index (χ3n) is 5.19. The summed E-state index contributed by atoms with van der Waals surface area (Å²) in [6, 6.07) is 14.8. The second-order valence-corrected chi connectivity index (χ2v) is 9.58. The van der Waals surface area contributed by atoms with Crippen LogP contribution >= 0.6 is 0 Å². The van der Waals surface area contributed by atoms with Crippen LogP contribution in [0.1, 0.15) is 36.8 Å². The number of aliphatic hydroxyl groups excluding tert-OH is 1. The zero-order valence-electron chi connectivity index (χ0n) is 18.4. The van der Waals surface area contributed by atoms with Gasteiger partial charge in [-0.3, -0.25) is 0 Å². The monoisotopic (exact) mass is 447 g/mol. The third-order valence-corrected chi connectivity index (χ3v) is 7.49. The minimum atomic E-state index is -3.62. The lowest BCUT2D eigenvalue weighted by Gasteiger charge is -2.28. The van der Waals surface area contributed by atoms with Crippen LogP contribution in [0.3, 0.4) is 0 Å². The Kier molecular flexibility index (Phi) is 10.0. The molecule has 0 heterocycles. The number of allylic oxidation sites excluding steroid dienone is 1. The molecule has 1 N–H and O–H groups in total. The van der Waals surface area contributed by atoms with Gasteiger partial charge in [0.15, 0.2) is 0 Å². The maximum Gasteiger partial charge on any atom is 0.217 e. The van der Waals surface area contributed by atoms with Crippen LogP contribution in [-0.4, -0.2) is 43.9 Å². The van der Waals surface area contributed by atoms with Crippen molar-refractivity contribution < 1.29 is 23.0 Å². The summed E-state index contributed by atoms with van der Waals surface area (Å²) in [5.74, 6) is 1.44. The van der Waals surface area contributed by atoms with Crippen LogP contribution in [0, 0.1) is 0 Å². The lowest BCUT2D eigenvalue weighted by molar-refractivity contribution is 0.281. The van der Waals surface area contributed by atoms with Crippen molar-refractivity contribution in [2.75, 3.05) is 20.8 Å². The van der Waals surface area contributed by atoms with Crippen LogP contribution in [0.25, 0.3) is 0 Å². The van der Waals surface area contributed by atoms with Crippen molar-refractivity contribution in [2.24, 2.45) is 0 Å². The zero-order valence-corrected chi connectivity index (χ0v) is 19.2. The van der Waals surface area contributed by atoms with E-state index in [1.54, 1.807) is 20.3 Å². The number of ether oxygens (including phenoxy) is 2. The summed E-state index contributed by atoms with van der Waals surface area (Å²) in [6.45, 7) is 4.20. The number of hydrogen-bond donors (Lipinski definition) is 1. The van der Waals surface area contributed by atoms with E-state index < -0.39 is 15.3 Å². The largest absolute Gasteiger partial charge is 0.497 e. The van der Waals surface area contributed by atoms with E-state index in [9.17, 15) is 13.5 Å². The van der Waals surface area contributed by atoms with Gasteiger partial charge >= 0.3 is 0 Å². The van der Waals surface area contributed by atoms with E-state index in [4.69, 9.17) is 9.47 Å². The predicted octanol–water partition coefficient (Wildman–Crippen LogP) is 4.14. The SMILES string of the molecule is C=CCCC(CCCO)S(=O)(=O)N(Cc1ccc(OC)cc1)Cc1ccc(OC)cc1. The molecule has 2 aromatic rings. The van der Waals surface area contributed by atoms with Crippen molar-refractivity contribution >= 4 is 10.0 Å². The Morgan fingerprint density at radius 2 is 1.42 bits per heavy atom. The zero-order chi connectivity index (χ0) is 22.7. The molecule has 0 saturated carbocycles. The first-order valence-electron chi connectivity index (χ1n) is 10.4. The number of methoxy groups -OCH3 is 2. The molecule has 31 heavy (non-hydrogen) atoms. The van der Waals surface area contributed by atoms with Gasteiger partial charge in [-0.15, -0.1) is 6.58 Å². The van der Waals surface area contributed by atoms with Crippen LogP contribution in [0.4, 0.5) is 0 Å². The Labute approximate surface area is 186 Å². The van der Waals surface area contributed by atoms with E-state index in [1.807, 2.05) is 48.5 Å². The first-order valence-corrected chi connectivity index (χ1v) is 11.9. The van der Waals surface area contributed by atoms with E-state index in [2.05, 4.69) is 6.58 Å². The molecule has 7 heteroatoms. The topological polar surface area (TPSA) is 76.1 Å². The van der Waals surface area contributed by atoms with Gasteiger partial charge in [0, 0.05) is 19.7 Å². The molecule has 0 aromatic heterocycles. The molecule has 1 unspecified atom stereocenters. The van der Waals surface area contributed by atoms with Crippen molar-refractivity contribution in [3.8, 4) is 11.5 Å². The quantitative estimate of drug-likeness (QED) is 0.441. The van der Waals surface area contributed by atoms with Gasteiger partial charge in [0.1, 0.15) is 11.5 Å². The molecule has 0 saturated heterocycles. The van der Waals surface area contributed by atoms with Gasteiger partial charge in [-0.05, 0) is 61.1 Å². The molecule has 0 radical (unpaired) electrons. The highest BCUT2D eigenvalue weighted by Gasteiger charge is 2.31. The van der Waals surface area contributed by atoms with E-state index in [0.717, 1.165) is 22.6 Å². The number of benzene rings is 2. The van der Waals surface area contributed by atoms with Gasteiger partial charge in [-0.1, -0.05) is 30.3 Å². The molecule has 0 fully saturated rings. The summed E-state index contributed by atoms with van der Waals surface area (Å²) in [7, 11) is -0.427.